The molecule has 1 unspecified atom stereocenters. The minimum Gasteiger partial charge on any atom is -0.420 e. The molecule has 4 aromatic heterocycles. The first-order valence-corrected chi connectivity index (χ1v) is 11.0. The van der Waals surface area contributed by atoms with E-state index in [2.05, 4.69) is 15.2 Å². The zero-order valence-electron chi connectivity index (χ0n) is 15.4. The molecule has 5 rings (SSSR count). The Morgan fingerprint density at radius 1 is 1.24 bits per heavy atom. The Kier molecular flexibility index (Phi) is 4.72. The van der Waals surface area contributed by atoms with Gasteiger partial charge in [0.1, 0.15) is 11.4 Å². The van der Waals surface area contributed by atoms with E-state index < -0.39 is 0 Å². The number of amides is 1. The maximum absolute atomic E-state index is 12.8. The van der Waals surface area contributed by atoms with Crippen LogP contribution in [-0.2, 0) is 11.3 Å². The van der Waals surface area contributed by atoms with E-state index in [0.717, 1.165) is 17.7 Å². The Morgan fingerprint density at radius 3 is 3.03 bits per heavy atom. The molecule has 1 saturated heterocycles. The highest BCUT2D eigenvalue weighted by atomic mass is 32.1. The van der Waals surface area contributed by atoms with E-state index in [-0.39, 0.29) is 23.9 Å². The molecule has 0 aromatic carbocycles. The molecule has 10 heteroatoms. The smallest absolute Gasteiger partial charge is 0.262 e. The van der Waals surface area contributed by atoms with Crippen molar-refractivity contribution in [2.75, 3.05) is 13.1 Å². The van der Waals surface area contributed by atoms with E-state index in [9.17, 15) is 9.59 Å². The quantitative estimate of drug-likeness (QED) is 0.497. The average Bonchev–Trinajstić information content (AvgIpc) is 3.50. The van der Waals surface area contributed by atoms with Crippen LogP contribution in [0.25, 0.3) is 21.0 Å². The van der Waals surface area contributed by atoms with Crippen molar-refractivity contribution in [3.63, 3.8) is 0 Å². The highest BCUT2D eigenvalue weighted by Crippen LogP contribution is 2.30. The molecule has 0 radical (unpaired) electrons. The fourth-order valence-electron chi connectivity index (χ4n) is 3.56. The molecule has 0 spiro atoms. The first-order valence-electron chi connectivity index (χ1n) is 9.27. The number of carbonyl (C=O) groups excluding carboxylic acids is 1. The highest BCUT2D eigenvalue weighted by Gasteiger charge is 2.29. The fraction of sp³-hybridized carbons (Fsp3) is 0.316. The van der Waals surface area contributed by atoms with Crippen LogP contribution in [0.3, 0.4) is 0 Å². The van der Waals surface area contributed by atoms with Gasteiger partial charge >= 0.3 is 0 Å². The van der Waals surface area contributed by atoms with Crippen molar-refractivity contribution in [1.29, 1.82) is 0 Å². The lowest BCUT2D eigenvalue weighted by atomic mass is 9.98. The van der Waals surface area contributed by atoms with Gasteiger partial charge in [-0.25, -0.2) is 4.98 Å². The number of carbonyl (C=O) groups is 1. The molecule has 0 bridgehead atoms. The molecule has 1 atom stereocenters. The summed E-state index contributed by atoms with van der Waals surface area (Å²) in [4.78, 5) is 33.0. The Morgan fingerprint density at radius 2 is 2.17 bits per heavy atom. The van der Waals surface area contributed by atoms with Gasteiger partial charge in [-0.15, -0.1) is 32.9 Å². The van der Waals surface area contributed by atoms with Crippen LogP contribution in [0.15, 0.2) is 44.5 Å². The maximum Gasteiger partial charge on any atom is 0.262 e. The zero-order valence-corrected chi connectivity index (χ0v) is 17.0. The average molecular weight is 428 g/mol. The normalized spacial score (nSPS) is 17.1. The van der Waals surface area contributed by atoms with Crippen LogP contribution in [0.1, 0.15) is 24.7 Å². The van der Waals surface area contributed by atoms with Gasteiger partial charge in [0, 0.05) is 13.1 Å². The summed E-state index contributed by atoms with van der Waals surface area (Å²) in [6, 6.07) is 5.62. The summed E-state index contributed by atoms with van der Waals surface area (Å²) in [5.74, 6) is 0.971. The summed E-state index contributed by atoms with van der Waals surface area (Å²) in [6.07, 6.45) is 3.19. The summed E-state index contributed by atoms with van der Waals surface area (Å²) < 4.78 is 7.24. The van der Waals surface area contributed by atoms with E-state index in [0.29, 0.717) is 35.1 Å². The zero-order chi connectivity index (χ0) is 19.8. The molecule has 0 N–H and O–H groups in total. The highest BCUT2D eigenvalue weighted by molar-refractivity contribution is 7.16. The second kappa shape index (κ2) is 7.53. The molecular weight excluding hydrogens is 410 g/mol. The lowest BCUT2D eigenvalue weighted by Crippen LogP contribution is -2.42. The largest absolute Gasteiger partial charge is 0.420 e. The van der Waals surface area contributed by atoms with Crippen LogP contribution in [0.2, 0.25) is 0 Å². The third-order valence-electron chi connectivity index (χ3n) is 5.05. The molecular formula is C19H17N5O3S2. The van der Waals surface area contributed by atoms with Gasteiger partial charge < -0.3 is 9.32 Å². The minimum atomic E-state index is -0.185. The van der Waals surface area contributed by atoms with Gasteiger partial charge in [0.25, 0.3) is 11.4 Å². The Hall–Kier alpha value is -2.85. The number of nitrogens with zero attached hydrogens (tertiary/aromatic N) is 5. The van der Waals surface area contributed by atoms with E-state index in [1.54, 1.807) is 22.3 Å². The fourth-order valence-corrected chi connectivity index (χ4v) is 4.92. The van der Waals surface area contributed by atoms with Crippen LogP contribution < -0.4 is 5.56 Å². The summed E-state index contributed by atoms with van der Waals surface area (Å²) in [6.45, 7) is 1.15. The molecule has 0 aliphatic carbocycles. The monoisotopic (exact) mass is 427 g/mol. The summed E-state index contributed by atoms with van der Waals surface area (Å²) in [5, 5.41) is 12.7. The van der Waals surface area contributed by atoms with Crippen LogP contribution in [0.4, 0.5) is 0 Å². The molecule has 148 valence electrons. The van der Waals surface area contributed by atoms with Crippen molar-refractivity contribution in [3.05, 3.63) is 51.5 Å². The Balaban J connectivity index is 1.30. The standard InChI is InChI=1S/C19H17N5O3S2/c25-15(10-24-11-20-18-13(19(24)26)5-8-29-18)23-6-1-3-12(9-23)16-21-22-17(27-16)14-4-2-7-28-14/h2,4-5,7-8,11-12H,1,3,6,9-10H2. The third kappa shape index (κ3) is 3.49. The lowest BCUT2D eigenvalue weighted by Gasteiger charge is -2.31. The molecule has 5 heterocycles. The van der Waals surface area contributed by atoms with Crippen molar-refractivity contribution in [3.8, 4) is 10.8 Å². The minimum absolute atomic E-state index is 0.00288. The molecule has 1 fully saturated rings. The van der Waals surface area contributed by atoms with Gasteiger partial charge in [0.15, 0.2) is 0 Å². The molecule has 0 saturated carbocycles. The number of hydrogen-bond donors (Lipinski definition) is 0. The van der Waals surface area contributed by atoms with Crippen molar-refractivity contribution >= 4 is 38.8 Å². The molecule has 1 amide bonds. The number of fused-ring (bicyclic) bond motifs is 1. The second-order valence-electron chi connectivity index (χ2n) is 6.92. The van der Waals surface area contributed by atoms with E-state index in [1.165, 1.54) is 22.2 Å². The molecule has 1 aliphatic rings. The van der Waals surface area contributed by atoms with Crippen molar-refractivity contribution in [1.82, 2.24) is 24.6 Å². The topological polar surface area (TPSA) is 94.1 Å². The van der Waals surface area contributed by atoms with Crippen molar-refractivity contribution in [2.24, 2.45) is 0 Å². The van der Waals surface area contributed by atoms with Gasteiger partial charge in [-0.2, -0.15) is 0 Å². The predicted octanol–water partition coefficient (Wildman–Crippen LogP) is 2.98. The van der Waals surface area contributed by atoms with Crippen LogP contribution >= 0.6 is 22.7 Å². The third-order valence-corrected chi connectivity index (χ3v) is 6.73. The van der Waals surface area contributed by atoms with E-state index in [4.69, 9.17) is 4.42 Å². The summed E-state index contributed by atoms with van der Waals surface area (Å²) in [7, 11) is 0. The van der Waals surface area contributed by atoms with Gasteiger partial charge in [-0.05, 0) is 35.7 Å². The van der Waals surface area contributed by atoms with Gasteiger partial charge in [0.2, 0.25) is 11.8 Å². The number of hydrogen-bond acceptors (Lipinski definition) is 8. The van der Waals surface area contributed by atoms with Crippen molar-refractivity contribution in [2.45, 2.75) is 25.3 Å². The number of piperidine rings is 1. The van der Waals surface area contributed by atoms with E-state index >= 15 is 0 Å². The Labute approximate surface area is 173 Å². The first kappa shape index (κ1) is 18.2. The number of aromatic nitrogens is 4. The second-order valence-corrected chi connectivity index (χ2v) is 8.76. The van der Waals surface area contributed by atoms with Crippen LogP contribution in [0.5, 0.6) is 0 Å². The summed E-state index contributed by atoms with van der Waals surface area (Å²) in [5.41, 5.74) is -0.185. The molecule has 4 aromatic rings. The van der Waals surface area contributed by atoms with Gasteiger partial charge in [-0.1, -0.05) is 6.07 Å². The SMILES string of the molecule is O=C(Cn1cnc2sccc2c1=O)N1CCCC(c2nnc(-c3cccs3)o2)C1. The Bertz CT molecular complexity index is 1210. The predicted molar refractivity (Wildman–Crippen MR) is 110 cm³/mol. The van der Waals surface area contributed by atoms with Crippen molar-refractivity contribution < 1.29 is 9.21 Å². The number of rotatable bonds is 4. The maximum atomic E-state index is 12.8. The molecule has 1 aliphatic heterocycles. The molecule has 29 heavy (non-hydrogen) atoms. The van der Waals surface area contributed by atoms with Gasteiger partial charge in [-0.3, -0.25) is 14.2 Å². The van der Waals surface area contributed by atoms with Crippen LogP contribution in [0, 0.1) is 0 Å². The first-order chi connectivity index (χ1) is 14.2. The van der Waals surface area contributed by atoms with Gasteiger partial charge in [0.05, 0.1) is 22.5 Å². The number of likely N-dealkylation sites (tertiary alicyclic amines) is 1. The summed E-state index contributed by atoms with van der Waals surface area (Å²) >= 11 is 2.96. The van der Waals surface area contributed by atoms with E-state index in [1.807, 2.05) is 22.9 Å². The lowest BCUT2D eigenvalue weighted by molar-refractivity contribution is -0.133. The van der Waals surface area contributed by atoms with Crippen LogP contribution in [-0.4, -0.2) is 43.6 Å². The molecule has 8 nitrogen and oxygen atoms in total. The number of thiophene rings is 2.